The quantitative estimate of drug-likeness (QED) is 0.222. The maximum Gasteiger partial charge on any atom is 0.328 e. The number of ether oxygens (including phenoxy) is 3. The van der Waals surface area contributed by atoms with Gasteiger partial charge in [0, 0.05) is 24.8 Å². The monoisotopic (exact) mass is 545 g/mol. The minimum atomic E-state index is -0.446. The molecule has 1 atom stereocenters. The second kappa shape index (κ2) is 15.2. The van der Waals surface area contributed by atoms with Gasteiger partial charge < -0.3 is 36.0 Å². The fourth-order valence-electron chi connectivity index (χ4n) is 3.68. The number of anilines is 1. The number of nitrogen functional groups attached to an aromatic ring is 1. The number of nitrogens with two attached hydrogens (primary N) is 2. The lowest BCUT2D eigenvalue weighted by Crippen LogP contribution is -2.44. The predicted molar refractivity (Wildman–Crippen MR) is 152 cm³/mol. The van der Waals surface area contributed by atoms with E-state index in [4.69, 9.17) is 25.7 Å². The Morgan fingerprint density at radius 1 is 1.15 bits per heavy atom. The molecule has 2 heterocycles. The van der Waals surface area contributed by atoms with Crippen molar-refractivity contribution in [3.8, 4) is 6.01 Å². The Morgan fingerprint density at radius 3 is 2.49 bits per heavy atom. The number of hydrogen-bond donors (Lipinski definition) is 4. The van der Waals surface area contributed by atoms with Crippen molar-refractivity contribution >= 4 is 22.9 Å². The number of carbonyl (C=O) groups is 1. The Balaban J connectivity index is 0.00000260. The van der Waals surface area contributed by atoms with Crippen LogP contribution in [0.25, 0.3) is 11.2 Å². The molecule has 1 aromatic carbocycles. The number of aromatic nitrogens is 4. The number of benzene rings is 1. The predicted octanol–water partition coefficient (Wildman–Crippen LogP) is 2.45. The van der Waals surface area contributed by atoms with Gasteiger partial charge in [-0.3, -0.25) is 9.36 Å². The van der Waals surface area contributed by atoms with E-state index in [1.807, 2.05) is 34.6 Å². The highest BCUT2D eigenvalue weighted by molar-refractivity contribution is 5.94. The smallest absolute Gasteiger partial charge is 0.328 e. The number of fused-ring (bicyclic) bond motifs is 1. The van der Waals surface area contributed by atoms with Crippen LogP contribution in [-0.2, 0) is 16.0 Å². The molecule has 3 rings (SSSR count). The number of rotatable bonds is 14. The average molecular weight is 546 g/mol. The second-order valence-electron chi connectivity index (χ2n) is 9.49. The van der Waals surface area contributed by atoms with E-state index in [9.17, 15) is 9.59 Å². The van der Waals surface area contributed by atoms with E-state index in [0.29, 0.717) is 42.9 Å². The molecular weight excluding hydrogens is 502 g/mol. The van der Waals surface area contributed by atoms with Gasteiger partial charge in [0.05, 0.1) is 19.3 Å². The van der Waals surface area contributed by atoms with Gasteiger partial charge in [0.15, 0.2) is 11.5 Å². The van der Waals surface area contributed by atoms with Crippen LogP contribution in [0, 0.1) is 0 Å². The molecule has 0 aliphatic carbocycles. The SMILES string of the molecule is CC.COCCOc1nc(N)c2[nH]c(=O)n(Cc3ccc(C(=O)NC(C)(C)CCOC(C)CCN)cc3)c2n1. The summed E-state index contributed by atoms with van der Waals surface area (Å²) in [5.74, 6) is -0.0729. The summed E-state index contributed by atoms with van der Waals surface area (Å²) in [5.41, 5.74) is 12.7. The third kappa shape index (κ3) is 9.34. The number of aromatic amines is 1. The number of methoxy groups -OCH3 is 1. The third-order valence-electron chi connectivity index (χ3n) is 5.86. The van der Waals surface area contributed by atoms with Gasteiger partial charge in [-0.1, -0.05) is 26.0 Å². The Kier molecular flexibility index (Phi) is 12.4. The zero-order valence-corrected chi connectivity index (χ0v) is 23.9. The number of hydrogen-bond acceptors (Lipinski definition) is 9. The summed E-state index contributed by atoms with van der Waals surface area (Å²) in [6, 6.07) is 7.10. The first-order valence-electron chi connectivity index (χ1n) is 13.2. The number of H-pyrrole nitrogens is 1. The summed E-state index contributed by atoms with van der Waals surface area (Å²) in [6.07, 6.45) is 1.55. The Hall–Kier alpha value is -3.48. The van der Waals surface area contributed by atoms with Gasteiger partial charge in [-0.2, -0.15) is 9.97 Å². The first-order chi connectivity index (χ1) is 18.6. The lowest BCUT2D eigenvalue weighted by atomic mass is 10.00. The van der Waals surface area contributed by atoms with E-state index in [0.717, 1.165) is 12.0 Å². The van der Waals surface area contributed by atoms with Gasteiger partial charge in [-0.05, 0) is 57.9 Å². The maximum atomic E-state index is 12.8. The van der Waals surface area contributed by atoms with Crippen molar-refractivity contribution < 1.29 is 19.0 Å². The fraction of sp³-hybridized carbons (Fsp3) is 0.556. The summed E-state index contributed by atoms with van der Waals surface area (Å²) in [4.78, 5) is 36.5. The van der Waals surface area contributed by atoms with Crippen molar-refractivity contribution in [2.24, 2.45) is 5.73 Å². The van der Waals surface area contributed by atoms with Crippen LogP contribution in [0.5, 0.6) is 6.01 Å². The molecule has 0 saturated heterocycles. The van der Waals surface area contributed by atoms with Crippen LogP contribution in [0.15, 0.2) is 29.1 Å². The van der Waals surface area contributed by atoms with E-state index in [1.165, 1.54) is 4.57 Å². The van der Waals surface area contributed by atoms with Crippen LogP contribution in [0.4, 0.5) is 5.82 Å². The molecule has 0 radical (unpaired) electrons. The average Bonchev–Trinajstić information content (AvgIpc) is 3.21. The molecule has 0 aliphatic heterocycles. The van der Waals surface area contributed by atoms with Gasteiger partial charge in [-0.15, -0.1) is 0 Å². The Bertz CT molecular complexity index is 1240. The van der Waals surface area contributed by atoms with Crippen LogP contribution in [-0.4, -0.2) is 70.5 Å². The van der Waals surface area contributed by atoms with Crippen molar-refractivity contribution in [3.05, 3.63) is 45.9 Å². The fourth-order valence-corrected chi connectivity index (χ4v) is 3.68. The van der Waals surface area contributed by atoms with Crippen LogP contribution in [0.2, 0.25) is 0 Å². The Morgan fingerprint density at radius 2 is 1.85 bits per heavy atom. The number of nitrogens with one attached hydrogen (secondary N) is 2. The summed E-state index contributed by atoms with van der Waals surface area (Å²) >= 11 is 0. The molecule has 12 heteroatoms. The molecule has 216 valence electrons. The van der Waals surface area contributed by atoms with Crippen LogP contribution < -0.4 is 27.2 Å². The zero-order valence-electron chi connectivity index (χ0n) is 23.9. The number of nitrogens with zero attached hydrogens (tertiary/aromatic N) is 3. The van der Waals surface area contributed by atoms with Gasteiger partial charge in [0.2, 0.25) is 0 Å². The molecule has 0 spiro atoms. The van der Waals surface area contributed by atoms with E-state index >= 15 is 0 Å². The zero-order chi connectivity index (χ0) is 29.0. The summed E-state index contributed by atoms with van der Waals surface area (Å²) in [6.45, 7) is 11.8. The first-order valence-corrected chi connectivity index (χ1v) is 13.2. The van der Waals surface area contributed by atoms with E-state index < -0.39 is 5.54 Å². The normalized spacial score (nSPS) is 12.1. The van der Waals surface area contributed by atoms with Crippen LogP contribution >= 0.6 is 0 Å². The molecule has 0 aliphatic rings. The molecular formula is C27H43N7O5. The van der Waals surface area contributed by atoms with E-state index in [2.05, 4.69) is 20.3 Å². The molecule has 12 nitrogen and oxygen atoms in total. The summed E-state index contributed by atoms with van der Waals surface area (Å²) in [7, 11) is 1.56. The molecule has 0 bridgehead atoms. The molecule has 1 amide bonds. The standard InChI is InChI=1S/C25H37N7O5.C2H6/c1-16(9-11-26)36-12-10-25(2,3)31-22(33)18-7-5-17(6-8-18)15-32-21-19(28-24(32)34)20(27)29-23(30-21)37-14-13-35-4;1-2/h5-8,16H,9-15,26H2,1-4H3,(H,28,34)(H,31,33)(H2,27,29,30);1-2H3. The third-order valence-corrected chi connectivity index (χ3v) is 5.86. The highest BCUT2D eigenvalue weighted by Crippen LogP contribution is 2.19. The van der Waals surface area contributed by atoms with E-state index in [1.54, 1.807) is 31.4 Å². The first kappa shape index (κ1) is 31.7. The lowest BCUT2D eigenvalue weighted by molar-refractivity contribution is 0.0479. The lowest BCUT2D eigenvalue weighted by Gasteiger charge is -2.27. The number of imidazole rings is 1. The van der Waals surface area contributed by atoms with Crippen molar-refractivity contribution in [1.82, 2.24) is 24.8 Å². The van der Waals surface area contributed by atoms with Gasteiger partial charge in [0.25, 0.3) is 5.91 Å². The van der Waals surface area contributed by atoms with Crippen molar-refractivity contribution in [1.29, 1.82) is 0 Å². The van der Waals surface area contributed by atoms with Crippen molar-refractivity contribution in [2.45, 2.75) is 65.6 Å². The van der Waals surface area contributed by atoms with Crippen molar-refractivity contribution in [2.75, 3.05) is 39.2 Å². The number of carbonyl (C=O) groups excluding carboxylic acids is 1. The highest BCUT2D eigenvalue weighted by atomic mass is 16.5. The maximum absolute atomic E-state index is 12.8. The van der Waals surface area contributed by atoms with Crippen molar-refractivity contribution in [3.63, 3.8) is 0 Å². The topological polar surface area (TPSA) is 172 Å². The number of amides is 1. The summed E-state index contributed by atoms with van der Waals surface area (Å²) in [5, 5.41) is 3.05. The summed E-state index contributed by atoms with van der Waals surface area (Å²) < 4.78 is 17.6. The van der Waals surface area contributed by atoms with Gasteiger partial charge in [0.1, 0.15) is 12.1 Å². The second-order valence-corrected chi connectivity index (χ2v) is 9.49. The molecule has 2 aromatic heterocycles. The Labute approximate surface area is 229 Å². The highest BCUT2D eigenvalue weighted by Gasteiger charge is 2.22. The molecule has 39 heavy (non-hydrogen) atoms. The minimum absolute atomic E-state index is 0.0590. The molecule has 6 N–H and O–H groups in total. The van der Waals surface area contributed by atoms with E-state index in [-0.39, 0.29) is 42.7 Å². The van der Waals surface area contributed by atoms with Crippen LogP contribution in [0.3, 0.4) is 0 Å². The molecule has 3 aromatic rings. The van der Waals surface area contributed by atoms with Gasteiger partial charge in [-0.25, -0.2) is 4.79 Å². The molecule has 0 fully saturated rings. The van der Waals surface area contributed by atoms with Gasteiger partial charge >= 0.3 is 11.7 Å². The van der Waals surface area contributed by atoms with Crippen LogP contribution in [0.1, 0.15) is 63.4 Å². The largest absolute Gasteiger partial charge is 0.461 e. The minimum Gasteiger partial charge on any atom is -0.461 e. The molecule has 0 saturated carbocycles. The molecule has 1 unspecified atom stereocenters.